The zero-order chi connectivity index (χ0) is 15.0. The normalized spacial score (nSPS) is 15.8. The standard InChI is InChI=1S/C16H19BrN4/c1-9-14(18)20-16(12-3-4-12)21-15(9)19-10(2)11-5-7-13(17)8-6-11/h5-8,10,12H,3-4H2,1-2H3,(H3,18,19,20,21). The van der Waals surface area contributed by atoms with E-state index in [9.17, 15) is 0 Å². The van der Waals surface area contributed by atoms with E-state index in [1.54, 1.807) is 0 Å². The number of rotatable bonds is 4. The Labute approximate surface area is 133 Å². The molecule has 3 rings (SSSR count). The van der Waals surface area contributed by atoms with Crippen molar-refractivity contribution in [1.29, 1.82) is 0 Å². The van der Waals surface area contributed by atoms with Crippen molar-refractivity contribution in [3.8, 4) is 0 Å². The molecule has 0 amide bonds. The largest absolute Gasteiger partial charge is 0.383 e. The number of hydrogen-bond acceptors (Lipinski definition) is 4. The van der Waals surface area contributed by atoms with Gasteiger partial charge in [0.25, 0.3) is 0 Å². The third-order valence-corrected chi connectivity index (χ3v) is 4.40. The summed E-state index contributed by atoms with van der Waals surface area (Å²) >= 11 is 3.46. The zero-order valence-electron chi connectivity index (χ0n) is 12.2. The highest BCUT2D eigenvalue weighted by Crippen LogP contribution is 2.39. The van der Waals surface area contributed by atoms with Gasteiger partial charge in [0, 0.05) is 22.0 Å². The molecule has 0 radical (unpaired) electrons. The minimum absolute atomic E-state index is 0.165. The topological polar surface area (TPSA) is 63.8 Å². The molecule has 1 saturated carbocycles. The van der Waals surface area contributed by atoms with Gasteiger partial charge >= 0.3 is 0 Å². The lowest BCUT2D eigenvalue weighted by molar-refractivity contribution is 0.850. The summed E-state index contributed by atoms with van der Waals surface area (Å²) in [6.45, 7) is 4.08. The maximum absolute atomic E-state index is 6.02. The predicted molar refractivity (Wildman–Crippen MR) is 89.3 cm³/mol. The third kappa shape index (κ3) is 3.18. The summed E-state index contributed by atoms with van der Waals surface area (Å²) in [7, 11) is 0. The molecule has 5 heteroatoms. The molecule has 1 fully saturated rings. The summed E-state index contributed by atoms with van der Waals surface area (Å²) in [4.78, 5) is 9.07. The molecule has 0 saturated heterocycles. The van der Waals surface area contributed by atoms with Crippen molar-refractivity contribution in [2.45, 2.75) is 38.6 Å². The van der Waals surface area contributed by atoms with Crippen molar-refractivity contribution in [3.05, 3.63) is 45.7 Å². The van der Waals surface area contributed by atoms with Crippen LogP contribution < -0.4 is 11.1 Å². The van der Waals surface area contributed by atoms with Gasteiger partial charge in [-0.25, -0.2) is 9.97 Å². The van der Waals surface area contributed by atoms with Gasteiger partial charge < -0.3 is 11.1 Å². The van der Waals surface area contributed by atoms with Gasteiger partial charge in [0.15, 0.2) is 0 Å². The Morgan fingerprint density at radius 1 is 1.24 bits per heavy atom. The molecule has 21 heavy (non-hydrogen) atoms. The Kier molecular flexibility index (Phi) is 3.85. The number of nitrogens with two attached hydrogens (primary N) is 1. The quantitative estimate of drug-likeness (QED) is 0.871. The van der Waals surface area contributed by atoms with Crippen molar-refractivity contribution >= 4 is 27.6 Å². The van der Waals surface area contributed by atoms with Gasteiger partial charge in [-0.2, -0.15) is 0 Å². The van der Waals surface area contributed by atoms with Crippen molar-refractivity contribution in [2.75, 3.05) is 11.1 Å². The molecule has 1 heterocycles. The first kappa shape index (κ1) is 14.3. The minimum atomic E-state index is 0.165. The van der Waals surface area contributed by atoms with Gasteiger partial charge in [0.2, 0.25) is 0 Å². The minimum Gasteiger partial charge on any atom is -0.383 e. The lowest BCUT2D eigenvalue weighted by atomic mass is 10.1. The van der Waals surface area contributed by atoms with Gasteiger partial charge in [-0.05, 0) is 44.4 Å². The van der Waals surface area contributed by atoms with Gasteiger partial charge in [0.1, 0.15) is 17.5 Å². The fraction of sp³-hybridized carbons (Fsp3) is 0.375. The van der Waals surface area contributed by atoms with Crippen LogP contribution in [0.2, 0.25) is 0 Å². The van der Waals surface area contributed by atoms with Crippen LogP contribution in [-0.2, 0) is 0 Å². The van der Waals surface area contributed by atoms with Gasteiger partial charge in [-0.3, -0.25) is 0 Å². The second-order valence-electron chi connectivity index (χ2n) is 5.63. The molecule has 110 valence electrons. The van der Waals surface area contributed by atoms with Gasteiger partial charge in [-0.1, -0.05) is 28.1 Å². The number of aromatic nitrogens is 2. The smallest absolute Gasteiger partial charge is 0.136 e. The summed E-state index contributed by atoms with van der Waals surface area (Å²) in [5.74, 6) is 2.80. The SMILES string of the molecule is Cc1c(N)nc(C2CC2)nc1NC(C)c1ccc(Br)cc1. The highest BCUT2D eigenvalue weighted by molar-refractivity contribution is 9.10. The Morgan fingerprint density at radius 3 is 2.52 bits per heavy atom. The molecule has 1 aliphatic carbocycles. The summed E-state index contributed by atoms with van der Waals surface area (Å²) in [6, 6.07) is 8.46. The van der Waals surface area contributed by atoms with E-state index < -0.39 is 0 Å². The summed E-state index contributed by atoms with van der Waals surface area (Å²) < 4.78 is 1.08. The van der Waals surface area contributed by atoms with Crippen molar-refractivity contribution in [2.24, 2.45) is 0 Å². The highest BCUT2D eigenvalue weighted by Gasteiger charge is 2.28. The average Bonchev–Trinajstić information content (AvgIpc) is 3.29. The lowest BCUT2D eigenvalue weighted by Crippen LogP contribution is -2.12. The van der Waals surface area contributed by atoms with Crippen LogP contribution in [0.5, 0.6) is 0 Å². The van der Waals surface area contributed by atoms with Crippen LogP contribution in [-0.4, -0.2) is 9.97 Å². The summed E-state index contributed by atoms with van der Waals surface area (Å²) in [5.41, 5.74) is 8.15. The van der Waals surface area contributed by atoms with E-state index in [0.29, 0.717) is 11.7 Å². The monoisotopic (exact) mass is 346 g/mol. The summed E-state index contributed by atoms with van der Waals surface area (Å²) in [6.07, 6.45) is 2.34. The van der Waals surface area contributed by atoms with E-state index >= 15 is 0 Å². The molecule has 0 spiro atoms. The molecule has 4 nitrogen and oxygen atoms in total. The van der Waals surface area contributed by atoms with E-state index in [-0.39, 0.29) is 6.04 Å². The molecule has 1 aliphatic rings. The van der Waals surface area contributed by atoms with Crippen LogP contribution in [0, 0.1) is 6.92 Å². The number of nitrogens with one attached hydrogen (secondary N) is 1. The zero-order valence-corrected chi connectivity index (χ0v) is 13.8. The van der Waals surface area contributed by atoms with Crippen molar-refractivity contribution in [3.63, 3.8) is 0 Å². The molecule has 1 unspecified atom stereocenters. The first-order valence-corrected chi connectivity index (χ1v) is 8.00. The lowest BCUT2D eigenvalue weighted by Gasteiger charge is -2.18. The van der Waals surface area contributed by atoms with Crippen LogP contribution in [0.15, 0.2) is 28.7 Å². The average molecular weight is 347 g/mol. The van der Waals surface area contributed by atoms with Crippen molar-refractivity contribution < 1.29 is 0 Å². The highest BCUT2D eigenvalue weighted by atomic mass is 79.9. The third-order valence-electron chi connectivity index (χ3n) is 3.87. The maximum atomic E-state index is 6.02. The molecule has 1 aromatic heterocycles. The molecule has 0 bridgehead atoms. The molecule has 1 atom stereocenters. The van der Waals surface area contributed by atoms with Crippen LogP contribution in [0.25, 0.3) is 0 Å². The number of benzene rings is 1. The Balaban J connectivity index is 1.84. The summed E-state index contributed by atoms with van der Waals surface area (Å²) in [5, 5.41) is 3.46. The van der Waals surface area contributed by atoms with Crippen LogP contribution in [0.1, 0.15) is 48.7 Å². The first-order chi connectivity index (χ1) is 10.0. The molecular formula is C16H19BrN4. The van der Waals surface area contributed by atoms with Gasteiger partial charge in [0.05, 0.1) is 0 Å². The van der Waals surface area contributed by atoms with Crippen molar-refractivity contribution in [1.82, 2.24) is 9.97 Å². The number of hydrogen-bond donors (Lipinski definition) is 2. The Bertz CT molecular complexity index is 650. The van der Waals surface area contributed by atoms with Crippen LogP contribution in [0.3, 0.4) is 0 Å². The van der Waals surface area contributed by atoms with E-state index in [1.807, 2.05) is 19.1 Å². The second-order valence-corrected chi connectivity index (χ2v) is 6.55. The second kappa shape index (κ2) is 5.64. The van der Waals surface area contributed by atoms with E-state index in [4.69, 9.17) is 5.73 Å². The number of anilines is 2. The molecule has 0 aliphatic heterocycles. The maximum Gasteiger partial charge on any atom is 0.136 e. The Hall–Kier alpha value is -1.62. The van der Waals surface area contributed by atoms with Gasteiger partial charge in [-0.15, -0.1) is 0 Å². The molecular weight excluding hydrogens is 328 g/mol. The van der Waals surface area contributed by atoms with E-state index in [1.165, 1.54) is 18.4 Å². The molecule has 2 aromatic rings. The van der Waals surface area contributed by atoms with Crippen LogP contribution in [0.4, 0.5) is 11.6 Å². The fourth-order valence-corrected chi connectivity index (χ4v) is 2.52. The van der Waals surface area contributed by atoms with Crippen LogP contribution >= 0.6 is 15.9 Å². The Morgan fingerprint density at radius 2 is 1.90 bits per heavy atom. The van der Waals surface area contributed by atoms with E-state index in [2.05, 4.69) is 50.3 Å². The fourth-order valence-electron chi connectivity index (χ4n) is 2.26. The number of nitrogens with zero attached hydrogens (tertiary/aromatic N) is 2. The number of halogens is 1. The number of nitrogen functional groups attached to an aromatic ring is 1. The predicted octanol–water partition coefficient (Wildman–Crippen LogP) is 4.18. The first-order valence-electron chi connectivity index (χ1n) is 7.20. The van der Waals surface area contributed by atoms with E-state index in [0.717, 1.165) is 21.7 Å². The molecule has 1 aromatic carbocycles. The molecule has 3 N–H and O–H groups in total.